The highest BCUT2D eigenvalue weighted by atomic mass is 19.1. The first kappa shape index (κ1) is 12.1. The number of halogens is 1. The first-order chi connectivity index (χ1) is 9.25. The molecule has 0 bridgehead atoms. The molecule has 100 valence electrons. The summed E-state index contributed by atoms with van der Waals surface area (Å²) in [6.07, 6.45) is 2.98. The summed E-state index contributed by atoms with van der Waals surface area (Å²) in [6.45, 7) is 1.59. The van der Waals surface area contributed by atoms with Gasteiger partial charge in [-0.3, -0.25) is 4.79 Å². The van der Waals surface area contributed by atoms with Crippen molar-refractivity contribution >= 4 is 12.3 Å². The lowest BCUT2D eigenvalue weighted by Gasteiger charge is -2.22. The van der Waals surface area contributed by atoms with Crippen LogP contribution in [0.5, 0.6) is 0 Å². The Morgan fingerprint density at radius 1 is 1.26 bits per heavy atom. The molecule has 2 aliphatic heterocycles. The molecule has 0 N–H and O–H groups in total. The van der Waals surface area contributed by atoms with Crippen LogP contribution in [0, 0.1) is 5.82 Å². The molecule has 0 saturated carbocycles. The van der Waals surface area contributed by atoms with Crippen molar-refractivity contribution in [3.05, 3.63) is 35.6 Å². The van der Waals surface area contributed by atoms with Gasteiger partial charge in [0.1, 0.15) is 5.82 Å². The average molecular weight is 262 g/mol. The van der Waals surface area contributed by atoms with Gasteiger partial charge in [-0.05, 0) is 30.5 Å². The molecule has 3 rings (SSSR count). The molecule has 2 atom stereocenters. The van der Waals surface area contributed by atoms with E-state index in [-0.39, 0.29) is 11.7 Å². The number of aliphatic imine (C=N–C) groups is 1. The monoisotopic (exact) mass is 262 g/mol. The number of amides is 1. The van der Waals surface area contributed by atoms with E-state index in [9.17, 15) is 9.18 Å². The fourth-order valence-corrected chi connectivity index (χ4v) is 2.55. The molecule has 0 aromatic heterocycles. The van der Waals surface area contributed by atoms with E-state index >= 15 is 0 Å². The maximum Gasteiger partial charge on any atom is 0.251 e. The molecule has 5 heteroatoms. The third kappa shape index (κ3) is 2.32. The normalized spacial score (nSPS) is 25.6. The van der Waals surface area contributed by atoms with Gasteiger partial charge in [0, 0.05) is 13.1 Å². The van der Waals surface area contributed by atoms with Gasteiger partial charge in [0.25, 0.3) is 5.91 Å². The van der Waals surface area contributed by atoms with Gasteiger partial charge in [-0.15, -0.1) is 0 Å². The molecule has 0 radical (unpaired) electrons. The Bertz CT molecular complexity index is 495. The summed E-state index contributed by atoms with van der Waals surface area (Å²) < 4.78 is 18.3. The SMILES string of the molecule is O=C(C1N=COC1c1ccc(F)cc1)N1CCCC1. The average Bonchev–Trinajstić information content (AvgIpc) is 3.10. The Morgan fingerprint density at radius 2 is 1.95 bits per heavy atom. The van der Waals surface area contributed by atoms with Gasteiger partial charge in [-0.2, -0.15) is 0 Å². The number of likely N-dealkylation sites (tertiary alicyclic amines) is 1. The second kappa shape index (κ2) is 4.99. The van der Waals surface area contributed by atoms with E-state index in [1.807, 2.05) is 4.90 Å². The molecule has 19 heavy (non-hydrogen) atoms. The van der Waals surface area contributed by atoms with E-state index in [0.717, 1.165) is 31.5 Å². The summed E-state index contributed by atoms with van der Waals surface area (Å²) in [4.78, 5) is 18.3. The number of carbonyl (C=O) groups excluding carboxylic acids is 1. The predicted octanol–water partition coefficient (Wildman–Crippen LogP) is 1.92. The largest absolute Gasteiger partial charge is 0.473 e. The minimum atomic E-state index is -0.538. The second-order valence-corrected chi connectivity index (χ2v) is 4.84. The van der Waals surface area contributed by atoms with Crippen LogP contribution < -0.4 is 0 Å². The van der Waals surface area contributed by atoms with Gasteiger partial charge >= 0.3 is 0 Å². The number of rotatable bonds is 2. The molecule has 0 aliphatic carbocycles. The lowest BCUT2D eigenvalue weighted by atomic mass is 10.0. The number of carbonyl (C=O) groups is 1. The highest BCUT2D eigenvalue weighted by molar-refractivity contribution is 5.85. The number of hydrogen-bond donors (Lipinski definition) is 0. The van der Waals surface area contributed by atoms with Gasteiger partial charge in [0.05, 0.1) is 0 Å². The summed E-state index contributed by atoms with van der Waals surface area (Å²) in [5.41, 5.74) is 0.774. The van der Waals surface area contributed by atoms with Crippen LogP contribution in [0.15, 0.2) is 29.3 Å². The summed E-state index contributed by atoms with van der Waals surface area (Å²) in [6, 6.07) is 5.48. The third-order valence-corrected chi connectivity index (χ3v) is 3.58. The summed E-state index contributed by atoms with van der Waals surface area (Å²) in [7, 11) is 0. The van der Waals surface area contributed by atoms with Gasteiger partial charge in [-0.25, -0.2) is 9.38 Å². The van der Waals surface area contributed by atoms with Crippen LogP contribution in [-0.2, 0) is 9.53 Å². The zero-order chi connectivity index (χ0) is 13.2. The third-order valence-electron chi connectivity index (χ3n) is 3.58. The predicted molar refractivity (Wildman–Crippen MR) is 68.3 cm³/mol. The maximum absolute atomic E-state index is 12.9. The second-order valence-electron chi connectivity index (χ2n) is 4.84. The summed E-state index contributed by atoms with van der Waals surface area (Å²) >= 11 is 0. The molecular weight excluding hydrogens is 247 g/mol. The molecular formula is C14H15FN2O2. The fraction of sp³-hybridized carbons (Fsp3) is 0.429. The van der Waals surface area contributed by atoms with Crippen molar-refractivity contribution < 1.29 is 13.9 Å². The van der Waals surface area contributed by atoms with Crippen molar-refractivity contribution in [1.29, 1.82) is 0 Å². The van der Waals surface area contributed by atoms with Crippen molar-refractivity contribution in [2.75, 3.05) is 13.1 Å². The summed E-state index contributed by atoms with van der Waals surface area (Å²) in [5.74, 6) is -0.300. The highest BCUT2D eigenvalue weighted by Crippen LogP contribution is 2.29. The highest BCUT2D eigenvalue weighted by Gasteiger charge is 2.37. The smallest absolute Gasteiger partial charge is 0.251 e. The molecule has 0 spiro atoms. The van der Waals surface area contributed by atoms with Crippen LogP contribution in [0.3, 0.4) is 0 Å². The number of benzene rings is 1. The minimum absolute atomic E-state index is 0.000532. The summed E-state index contributed by atoms with van der Waals surface area (Å²) in [5, 5.41) is 0. The molecule has 2 unspecified atom stereocenters. The lowest BCUT2D eigenvalue weighted by molar-refractivity contribution is -0.133. The first-order valence-electron chi connectivity index (χ1n) is 6.47. The van der Waals surface area contributed by atoms with Crippen LogP contribution in [0.2, 0.25) is 0 Å². The first-order valence-corrected chi connectivity index (χ1v) is 6.47. The molecule has 2 aliphatic rings. The van der Waals surface area contributed by atoms with Crippen molar-refractivity contribution in [3.63, 3.8) is 0 Å². The van der Waals surface area contributed by atoms with Crippen molar-refractivity contribution in [2.45, 2.75) is 25.0 Å². The Labute approximate surface area is 110 Å². The van der Waals surface area contributed by atoms with Gasteiger partial charge < -0.3 is 9.64 Å². The fourth-order valence-electron chi connectivity index (χ4n) is 2.55. The Hall–Kier alpha value is -1.91. The van der Waals surface area contributed by atoms with E-state index in [1.54, 1.807) is 12.1 Å². The maximum atomic E-state index is 12.9. The number of ether oxygens (including phenoxy) is 1. The van der Waals surface area contributed by atoms with Crippen molar-refractivity contribution in [1.82, 2.24) is 4.90 Å². The van der Waals surface area contributed by atoms with Crippen molar-refractivity contribution in [3.8, 4) is 0 Å². The topological polar surface area (TPSA) is 41.9 Å². The molecule has 4 nitrogen and oxygen atoms in total. The number of nitrogens with zero attached hydrogens (tertiary/aromatic N) is 2. The molecule has 1 saturated heterocycles. The Kier molecular flexibility index (Phi) is 3.19. The van der Waals surface area contributed by atoms with E-state index in [4.69, 9.17) is 4.74 Å². The molecule has 1 amide bonds. The molecule has 1 fully saturated rings. The van der Waals surface area contributed by atoms with Gasteiger partial charge in [0.2, 0.25) is 0 Å². The van der Waals surface area contributed by atoms with Gasteiger partial charge in [-0.1, -0.05) is 12.1 Å². The van der Waals surface area contributed by atoms with Crippen LogP contribution in [-0.4, -0.2) is 36.3 Å². The molecule has 1 aromatic carbocycles. The Morgan fingerprint density at radius 3 is 2.63 bits per heavy atom. The van der Waals surface area contributed by atoms with E-state index < -0.39 is 12.1 Å². The van der Waals surface area contributed by atoms with Crippen LogP contribution >= 0.6 is 0 Å². The lowest BCUT2D eigenvalue weighted by Crippen LogP contribution is -2.38. The van der Waals surface area contributed by atoms with Crippen LogP contribution in [0.4, 0.5) is 4.39 Å². The van der Waals surface area contributed by atoms with E-state index in [0.29, 0.717) is 0 Å². The molecule has 1 aromatic rings. The minimum Gasteiger partial charge on any atom is -0.473 e. The van der Waals surface area contributed by atoms with E-state index in [2.05, 4.69) is 4.99 Å². The molecule has 2 heterocycles. The quantitative estimate of drug-likeness (QED) is 0.817. The van der Waals surface area contributed by atoms with Gasteiger partial charge in [0.15, 0.2) is 18.5 Å². The van der Waals surface area contributed by atoms with E-state index in [1.165, 1.54) is 18.5 Å². The standard InChI is InChI=1S/C14H15FN2O2/c15-11-5-3-10(4-6-11)13-12(16-9-19-13)14(18)17-7-1-2-8-17/h3-6,9,12-13H,1-2,7-8H2. The zero-order valence-electron chi connectivity index (χ0n) is 10.5. The number of hydrogen-bond acceptors (Lipinski definition) is 3. The zero-order valence-corrected chi connectivity index (χ0v) is 10.5. The Balaban J connectivity index is 1.78. The van der Waals surface area contributed by atoms with Crippen molar-refractivity contribution in [2.24, 2.45) is 4.99 Å². The van der Waals surface area contributed by atoms with Crippen LogP contribution in [0.25, 0.3) is 0 Å². The van der Waals surface area contributed by atoms with Crippen LogP contribution in [0.1, 0.15) is 24.5 Å².